The van der Waals surface area contributed by atoms with Crippen LogP contribution in [0, 0.1) is 6.92 Å². The first-order valence-electron chi connectivity index (χ1n) is 6.90. The summed E-state index contributed by atoms with van der Waals surface area (Å²) in [7, 11) is 1.56. The molecule has 112 valence electrons. The van der Waals surface area contributed by atoms with Crippen LogP contribution in [0.2, 0.25) is 0 Å². The molecule has 7 heteroatoms. The summed E-state index contributed by atoms with van der Waals surface area (Å²) in [5.41, 5.74) is 0.971. The average molecular weight is 283 g/mol. The number of carbonyl (C=O) groups is 1. The fraction of sp³-hybridized carbons (Fsp3) is 0.769. The van der Waals surface area contributed by atoms with E-state index >= 15 is 0 Å². The molecule has 7 nitrogen and oxygen atoms in total. The highest BCUT2D eigenvalue weighted by Gasteiger charge is 2.21. The summed E-state index contributed by atoms with van der Waals surface area (Å²) in [6.07, 6.45) is 3.46. The first-order valence-corrected chi connectivity index (χ1v) is 6.90. The van der Waals surface area contributed by atoms with Crippen molar-refractivity contribution in [3.8, 4) is 0 Å². The Morgan fingerprint density at radius 2 is 2.30 bits per heavy atom. The molecule has 2 rings (SSSR count). The van der Waals surface area contributed by atoms with Crippen molar-refractivity contribution in [1.82, 2.24) is 15.0 Å². The molecular weight excluding hydrogens is 262 g/mol. The van der Waals surface area contributed by atoms with Crippen molar-refractivity contribution >= 4 is 5.97 Å². The lowest BCUT2D eigenvalue weighted by molar-refractivity contribution is 0.00332. The van der Waals surface area contributed by atoms with E-state index in [4.69, 9.17) is 14.2 Å². The second kappa shape index (κ2) is 7.35. The predicted molar refractivity (Wildman–Crippen MR) is 70.5 cm³/mol. The van der Waals surface area contributed by atoms with Crippen molar-refractivity contribution in [2.75, 3.05) is 26.9 Å². The molecule has 1 atom stereocenters. The van der Waals surface area contributed by atoms with Crippen molar-refractivity contribution < 1.29 is 19.0 Å². The van der Waals surface area contributed by atoms with Gasteiger partial charge >= 0.3 is 5.97 Å². The second-order valence-electron chi connectivity index (χ2n) is 4.82. The molecule has 0 aromatic carbocycles. The van der Waals surface area contributed by atoms with E-state index in [1.807, 2.05) is 6.92 Å². The Hall–Kier alpha value is -1.47. The molecule has 1 aromatic heterocycles. The van der Waals surface area contributed by atoms with Crippen LogP contribution in [-0.4, -0.2) is 54.0 Å². The maximum Gasteiger partial charge on any atom is 0.360 e. The van der Waals surface area contributed by atoms with Gasteiger partial charge in [0.2, 0.25) is 0 Å². The number of methoxy groups -OCH3 is 1. The zero-order valence-electron chi connectivity index (χ0n) is 12.0. The second-order valence-corrected chi connectivity index (χ2v) is 4.82. The van der Waals surface area contributed by atoms with Crippen LogP contribution in [0.4, 0.5) is 0 Å². The lowest BCUT2D eigenvalue weighted by Crippen LogP contribution is -2.25. The molecule has 0 bridgehead atoms. The first kappa shape index (κ1) is 14.9. The number of rotatable bonds is 6. The van der Waals surface area contributed by atoms with Gasteiger partial charge in [0.1, 0.15) is 6.61 Å². The third-order valence-corrected chi connectivity index (χ3v) is 3.35. The van der Waals surface area contributed by atoms with Gasteiger partial charge in [0.15, 0.2) is 5.69 Å². The zero-order valence-corrected chi connectivity index (χ0v) is 12.0. The molecule has 1 unspecified atom stereocenters. The van der Waals surface area contributed by atoms with E-state index in [0.717, 1.165) is 19.4 Å². The summed E-state index contributed by atoms with van der Waals surface area (Å²) in [6, 6.07) is 0. The van der Waals surface area contributed by atoms with Gasteiger partial charge in [-0.05, 0) is 26.2 Å². The topological polar surface area (TPSA) is 75.5 Å². The Kier molecular flexibility index (Phi) is 5.49. The first-order chi connectivity index (χ1) is 9.72. The maximum atomic E-state index is 11.8. The molecule has 0 aliphatic carbocycles. The number of hydrogen-bond donors (Lipinski definition) is 0. The van der Waals surface area contributed by atoms with Crippen molar-refractivity contribution in [1.29, 1.82) is 0 Å². The highest BCUT2D eigenvalue weighted by molar-refractivity contribution is 5.88. The standard InChI is InChI=1S/C13H21N3O4/c1-10-12(13(17)20-8-7-18-2)14-15-16(10)9-11-5-3-4-6-19-11/h11H,3-9H2,1-2H3. The summed E-state index contributed by atoms with van der Waals surface area (Å²) in [5.74, 6) is -0.463. The van der Waals surface area contributed by atoms with E-state index in [0.29, 0.717) is 18.8 Å². The molecule has 0 amide bonds. The average Bonchev–Trinajstić information content (AvgIpc) is 2.82. The number of hydrogen-bond acceptors (Lipinski definition) is 6. The zero-order chi connectivity index (χ0) is 14.4. The van der Waals surface area contributed by atoms with Gasteiger partial charge in [0.05, 0.1) is 24.9 Å². The highest BCUT2D eigenvalue weighted by atomic mass is 16.6. The van der Waals surface area contributed by atoms with Gasteiger partial charge in [-0.3, -0.25) is 0 Å². The normalized spacial score (nSPS) is 19.0. The molecule has 0 spiro atoms. The summed E-state index contributed by atoms with van der Waals surface area (Å²) >= 11 is 0. The third-order valence-electron chi connectivity index (χ3n) is 3.35. The van der Waals surface area contributed by atoms with E-state index in [9.17, 15) is 4.79 Å². The summed E-state index contributed by atoms with van der Waals surface area (Å²) in [5, 5.41) is 7.92. The Bertz CT molecular complexity index is 441. The number of nitrogens with zero attached hydrogens (tertiary/aromatic N) is 3. The van der Waals surface area contributed by atoms with Crippen LogP contribution in [0.3, 0.4) is 0 Å². The molecule has 1 aromatic rings. The van der Waals surface area contributed by atoms with Gasteiger partial charge in [-0.1, -0.05) is 5.21 Å². The van der Waals surface area contributed by atoms with Crippen LogP contribution in [0.1, 0.15) is 35.4 Å². The van der Waals surface area contributed by atoms with Gasteiger partial charge in [0, 0.05) is 13.7 Å². The largest absolute Gasteiger partial charge is 0.458 e. The molecule has 1 saturated heterocycles. The van der Waals surface area contributed by atoms with E-state index < -0.39 is 5.97 Å². The van der Waals surface area contributed by atoms with E-state index in [2.05, 4.69) is 10.3 Å². The van der Waals surface area contributed by atoms with Gasteiger partial charge in [-0.2, -0.15) is 0 Å². The lowest BCUT2D eigenvalue weighted by Gasteiger charge is -2.22. The van der Waals surface area contributed by atoms with Crippen molar-refractivity contribution in [2.24, 2.45) is 0 Å². The third kappa shape index (κ3) is 3.77. The van der Waals surface area contributed by atoms with Crippen molar-refractivity contribution in [3.63, 3.8) is 0 Å². The van der Waals surface area contributed by atoms with Crippen LogP contribution in [0.25, 0.3) is 0 Å². The number of esters is 1. The van der Waals surface area contributed by atoms with Gasteiger partial charge < -0.3 is 14.2 Å². The molecule has 2 heterocycles. The number of aromatic nitrogens is 3. The molecular formula is C13H21N3O4. The van der Waals surface area contributed by atoms with Crippen LogP contribution in [0.5, 0.6) is 0 Å². The Labute approximate surface area is 118 Å². The SMILES string of the molecule is COCCOC(=O)c1nnn(CC2CCCCO2)c1C. The molecule has 0 N–H and O–H groups in total. The minimum absolute atomic E-state index is 0.154. The summed E-state index contributed by atoms with van der Waals surface area (Å²) < 4.78 is 17.2. The minimum atomic E-state index is -0.463. The highest BCUT2D eigenvalue weighted by Crippen LogP contribution is 2.15. The monoisotopic (exact) mass is 283 g/mol. The van der Waals surface area contributed by atoms with E-state index in [1.165, 1.54) is 6.42 Å². The van der Waals surface area contributed by atoms with Crippen LogP contribution >= 0.6 is 0 Å². The van der Waals surface area contributed by atoms with Gasteiger partial charge in [0.25, 0.3) is 0 Å². The number of ether oxygens (including phenoxy) is 3. The Morgan fingerprint density at radius 1 is 1.45 bits per heavy atom. The minimum Gasteiger partial charge on any atom is -0.458 e. The summed E-state index contributed by atoms with van der Waals surface area (Å²) in [4.78, 5) is 11.8. The van der Waals surface area contributed by atoms with Gasteiger partial charge in [-0.15, -0.1) is 5.10 Å². The van der Waals surface area contributed by atoms with Crippen LogP contribution in [-0.2, 0) is 20.8 Å². The van der Waals surface area contributed by atoms with Crippen LogP contribution in [0.15, 0.2) is 0 Å². The predicted octanol–water partition coefficient (Wildman–Crippen LogP) is 0.959. The lowest BCUT2D eigenvalue weighted by atomic mass is 10.1. The summed E-state index contributed by atoms with van der Waals surface area (Å²) in [6.45, 7) is 3.83. The maximum absolute atomic E-state index is 11.8. The molecule has 1 aliphatic heterocycles. The smallest absolute Gasteiger partial charge is 0.360 e. The quantitative estimate of drug-likeness (QED) is 0.572. The van der Waals surface area contributed by atoms with Crippen LogP contribution < -0.4 is 0 Å². The van der Waals surface area contributed by atoms with E-state index in [-0.39, 0.29) is 18.4 Å². The van der Waals surface area contributed by atoms with Crippen molar-refractivity contribution in [2.45, 2.75) is 38.8 Å². The van der Waals surface area contributed by atoms with Crippen molar-refractivity contribution in [3.05, 3.63) is 11.4 Å². The molecule has 0 radical (unpaired) electrons. The Morgan fingerprint density at radius 3 is 3.00 bits per heavy atom. The molecule has 20 heavy (non-hydrogen) atoms. The van der Waals surface area contributed by atoms with E-state index in [1.54, 1.807) is 11.8 Å². The van der Waals surface area contributed by atoms with Gasteiger partial charge in [-0.25, -0.2) is 9.48 Å². The number of carbonyl (C=O) groups excluding carboxylic acids is 1. The molecule has 1 fully saturated rings. The molecule has 0 saturated carbocycles. The fourth-order valence-electron chi connectivity index (χ4n) is 2.15. The molecule has 1 aliphatic rings. The fourth-order valence-corrected chi connectivity index (χ4v) is 2.15. The Balaban J connectivity index is 1.93.